The maximum atomic E-state index is 12.8. The minimum atomic E-state index is -3.06. The van der Waals surface area contributed by atoms with Gasteiger partial charge in [-0.3, -0.25) is 9.59 Å². The molecule has 0 aromatic heterocycles. The van der Waals surface area contributed by atoms with Gasteiger partial charge in [-0.1, -0.05) is 12.8 Å². The van der Waals surface area contributed by atoms with Gasteiger partial charge in [0.2, 0.25) is 11.8 Å². The number of sulfone groups is 1. The van der Waals surface area contributed by atoms with Crippen LogP contribution in [0, 0.1) is 0 Å². The van der Waals surface area contributed by atoms with Crippen molar-refractivity contribution in [1.82, 2.24) is 10.2 Å². The number of nitrogens with one attached hydrogen (secondary N) is 1. The van der Waals surface area contributed by atoms with Crippen molar-refractivity contribution in [2.45, 2.75) is 57.0 Å². The van der Waals surface area contributed by atoms with Crippen molar-refractivity contribution in [3.63, 3.8) is 0 Å². The summed E-state index contributed by atoms with van der Waals surface area (Å²) < 4.78 is 22.5. The summed E-state index contributed by atoms with van der Waals surface area (Å²) in [5, 5.41) is 2.92. The number of amides is 2. The Morgan fingerprint density at radius 3 is 2.29 bits per heavy atom. The van der Waals surface area contributed by atoms with Crippen LogP contribution >= 0.6 is 0 Å². The van der Waals surface area contributed by atoms with E-state index in [1.807, 2.05) is 0 Å². The van der Waals surface area contributed by atoms with E-state index in [4.69, 9.17) is 0 Å². The van der Waals surface area contributed by atoms with Gasteiger partial charge in [0.15, 0.2) is 0 Å². The van der Waals surface area contributed by atoms with Gasteiger partial charge < -0.3 is 10.2 Å². The Hall–Kier alpha value is -1.11. The molecule has 7 heteroatoms. The summed E-state index contributed by atoms with van der Waals surface area (Å²) in [7, 11) is -3.06. The smallest absolute Gasteiger partial charge is 0.249 e. The van der Waals surface area contributed by atoms with E-state index in [1.165, 1.54) is 6.26 Å². The molecule has 2 aliphatic rings. The van der Waals surface area contributed by atoms with E-state index in [1.54, 1.807) is 18.7 Å². The molecule has 0 unspecified atom stereocenters. The summed E-state index contributed by atoms with van der Waals surface area (Å²) in [6, 6.07) is 0. The molecule has 0 atom stereocenters. The minimum Gasteiger partial charge on any atom is -0.340 e. The fourth-order valence-electron chi connectivity index (χ4n) is 3.24. The maximum Gasteiger partial charge on any atom is 0.249 e. The Kier molecular flexibility index (Phi) is 4.08. The molecule has 2 rings (SSSR count). The van der Waals surface area contributed by atoms with Crippen LogP contribution in [0.3, 0.4) is 0 Å². The highest BCUT2D eigenvalue weighted by atomic mass is 32.2. The fourth-order valence-corrected chi connectivity index (χ4v) is 3.90. The SMILES string of the molecule is CC1(C)C(=O)NC2(CCCC2)C(=O)N1CCCS(C)(=O)=O. The second-order valence-electron chi connectivity index (χ2n) is 6.74. The second kappa shape index (κ2) is 5.26. The monoisotopic (exact) mass is 316 g/mol. The third-order valence-corrected chi connectivity index (χ3v) is 5.62. The molecule has 120 valence electrons. The highest BCUT2D eigenvalue weighted by Gasteiger charge is 2.55. The van der Waals surface area contributed by atoms with E-state index in [0.29, 0.717) is 25.8 Å². The molecule has 2 amide bonds. The normalized spacial score (nSPS) is 24.4. The molecular formula is C14H24N2O4S. The van der Waals surface area contributed by atoms with Crippen LogP contribution in [-0.2, 0) is 19.4 Å². The van der Waals surface area contributed by atoms with Crippen molar-refractivity contribution in [1.29, 1.82) is 0 Å². The van der Waals surface area contributed by atoms with Crippen LogP contribution < -0.4 is 5.32 Å². The van der Waals surface area contributed by atoms with E-state index in [-0.39, 0.29) is 17.6 Å². The van der Waals surface area contributed by atoms with E-state index in [0.717, 1.165) is 12.8 Å². The van der Waals surface area contributed by atoms with Crippen LogP contribution in [0.2, 0.25) is 0 Å². The van der Waals surface area contributed by atoms with Gasteiger partial charge in [-0.2, -0.15) is 0 Å². The lowest BCUT2D eigenvalue weighted by Gasteiger charge is -2.48. The fraction of sp³-hybridized carbons (Fsp3) is 0.857. The largest absolute Gasteiger partial charge is 0.340 e. The first-order valence-electron chi connectivity index (χ1n) is 7.41. The molecule has 1 aliphatic carbocycles. The average Bonchev–Trinajstić information content (AvgIpc) is 2.80. The lowest BCUT2D eigenvalue weighted by molar-refractivity contribution is -0.160. The highest BCUT2D eigenvalue weighted by Crippen LogP contribution is 2.37. The van der Waals surface area contributed by atoms with Gasteiger partial charge in [0.05, 0.1) is 5.75 Å². The predicted molar refractivity (Wildman–Crippen MR) is 79.5 cm³/mol. The van der Waals surface area contributed by atoms with Gasteiger partial charge >= 0.3 is 0 Å². The molecule has 1 spiro atoms. The zero-order valence-electron chi connectivity index (χ0n) is 12.9. The van der Waals surface area contributed by atoms with Gasteiger partial charge in [0.1, 0.15) is 20.9 Å². The van der Waals surface area contributed by atoms with Gasteiger partial charge in [-0.15, -0.1) is 0 Å². The summed E-state index contributed by atoms with van der Waals surface area (Å²) >= 11 is 0. The Morgan fingerprint density at radius 2 is 1.76 bits per heavy atom. The van der Waals surface area contributed by atoms with Gasteiger partial charge in [0, 0.05) is 12.8 Å². The Labute approximate surface area is 126 Å². The van der Waals surface area contributed by atoms with Crippen LogP contribution in [0.25, 0.3) is 0 Å². The first-order chi connectivity index (χ1) is 9.58. The second-order valence-corrected chi connectivity index (χ2v) is 9.00. The molecule has 1 N–H and O–H groups in total. The van der Waals surface area contributed by atoms with Crippen LogP contribution in [0.1, 0.15) is 46.0 Å². The lowest BCUT2D eigenvalue weighted by atomic mass is 9.86. The number of hydrogen-bond donors (Lipinski definition) is 1. The summed E-state index contributed by atoms with van der Waals surface area (Å²) in [6.07, 6.45) is 4.76. The summed E-state index contributed by atoms with van der Waals surface area (Å²) in [4.78, 5) is 26.8. The standard InChI is InChI=1S/C14H24N2O4S/c1-13(2)11(17)15-14(7-4-5-8-14)12(18)16(13)9-6-10-21(3,19)20/h4-10H2,1-3H3,(H,15,17). The van der Waals surface area contributed by atoms with Crippen molar-refractivity contribution in [3.8, 4) is 0 Å². The van der Waals surface area contributed by atoms with E-state index in [9.17, 15) is 18.0 Å². The number of hydrogen-bond acceptors (Lipinski definition) is 4. The van der Waals surface area contributed by atoms with Crippen LogP contribution in [0.5, 0.6) is 0 Å². The predicted octanol–water partition coefficient (Wildman–Crippen LogP) is 0.471. The Bertz CT molecular complexity index is 547. The topological polar surface area (TPSA) is 83.6 Å². The molecular weight excluding hydrogens is 292 g/mol. The van der Waals surface area contributed by atoms with Crippen LogP contribution in [0.4, 0.5) is 0 Å². The summed E-state index contributed by atoms with van der Waals surface area (Å²) in [6.45, 7) is 3.72. The molecule has 6 nitrogen and oxygen atoms in total. The molecule has 0 aromatic rings. The molecule has 0 aromatic carbocycles. The average molecular weight is 316 g/mol. The molecule has 1 saturated heterocycles. The van der Waals surface area contributed by atoms with Gasteiger partial charge in [-0.05, 0) is 33.1 Å². The maximum absolute atomic E-state index is 12.8. The first-order valence-corrected chi connectivity index (χ1v) is 9.47. The van der Waals surface area contributed by atoms with Crippen molar-refractivity contribution in [3.05, 3.63) is 0 Å². The van der Waals surface area contributed by atoms with Crippen molar-refractivity contribution in [2.75, 3.05) is 18.6 Å². The van der Waals surface area contributed by atoms with Gasteiger partial charge in [0.25, 0.3) is 0 Å². The van der Waals surface area contributed by atoms with Crippen LogP contribution in [0.15, 0.2) is 0 Å². The van der Waals surface area contributed by atoms with E-state index in [2.05, 4.69) is 5.32 Å². The van der Waals surface area contributed by atoms with E-state index >= 15 is 0 Å². The molecule has 1 saturated carbocycles. The highest BCUT2D eigenvalue weighted by molar-refractivity contribution is 7.90. The Balaban J connectivity index is 2.18. The molecule has 0 radical (unpaired) electrons. The number of piperazine rings is 1. The van der Waals surface area contributed by atoms with Gasteiger partial charge in [-0.25, -0.2) is 8.42 Å². The number of carbonyl (C=O) groups is 2. The summed E-state index contributed by atoms with van der Waals surface area (Å²) in [5.74, 6) is -0.178. The molecule has 2 fully saturated rings. The van der Waals surface area contributed by atoms with Crippen molar-refractivity contribution < 1.29 is 18.0 Å². The first kappa shape index (κ1) is 16.3. The molecule has 1 aliphatic heterocycles. The minimum absolute atomic E-state index is 0.0292. The zero-order chi connectivity index (χ0) is 15.9. The van der Waals surface area contributed by atoms with Crippen molar-refractivity contribution >= 4 is 21.7 Å². The number of carbonyl (C=O) groups excluding carboxylic acids is 2. The number of rotatable bonds is 4. The third kappa shape index (κ3) is 3.07. The quantitative estimate of drug-likeness (QED) is 0.817. The van der Waals surface area contributed by atoms with E-state index < -0.39 is 20.9 Å². The summed E-state index contributed by atoms with van der Waals surface area (Å²) in [5.41, 5.74) is -1.68. The number of nitrogens with zero attached hydrogens (tertiary/aromatic N) is 1. The zero-order valence-corrected chi connectivity index (χ0v) is 13.8. The Morgan fingerprint density at radius 1 is 1.19 bits per heavy atom. The molecule has 0 bridgehead atoms. The van der Waals surface area contributed by atoms with Crippen LogP contribution in [-0.4, -0.2) is 54.8 Å². The third-order valence-electron chi connectivity index (χ3n) is 4.59. The molecule has 1 heterocycles. The van der Waals surface area contributed by atoms with Crippen molar-refractivity contribution in [2.24, 2.45) is 0 Å². The lowest BCUT2D eigenvalue weighted by Crippen LogP contribution is -2.73. The molecule has 21 heavy (non-hydrogen) atoms.